The average molecular weight is 312 g/mol. The summed E-state index contributed by atoms with van der Waals surface area (Å²) in [6.45, 7) is 0. The third-order valence-corrected chi connectivity index (χ3v) is 3.03. The number of carbonyl (C=O) groups excluding carboxylic acids is 1. The maximum atomic E-state index is 13.2. The smallest absolute Gasteiger partial charge is 0.224 e. The van der Waals surface area contributed by atoms with Gasteiger partial charge >= 0.3 is 0 Å². The molecule has 1 aromatic heterocycles. The lowest BCUT2D eigenvalue weighted by Gasteiger charge is -2.05. The van der Waals surface area contributed by atoms with Gasteiger partial charge in [-0.2, -0.15) is 0 Å². The number of hydrogen-bond donors (Lipinski definition) is 1. The van der Waals surface area contributed by atoms with Crippen molar-refractivity contribution < 1.29 is 13.6 Å². The molecule has 1 aromatic carbocycles. The molecule has 5 heteroatoms. The highest BCUT2D eigenvalue weighted by molar-refractivity contribution is 9.10. The van der Waals surface area contributed by atoms with Crippen LogP contribution in [-0.4, -0.2) is 5.91 Å². The first-order valence-electron chi connectivity index (χ1n) is 5.42. The fraction of sp³-hybridized carbons (Fsp3) is 0.154. The summed E-state index contributed by atoms with van der Waals surface area (Å²) >= 11 is 3.05. The molecule has 2 rings (SSSR count). The third kappa shape index (κ3) is 3.43. The van der Waals surface area contributed by atoms with Gasteiger partial charge in [-0.1, -0.05) is 0 Å². The Bertz CT molecular complexity index is 540. The van der Waals surface area contributed by atoms with E-state index in [0.29, 0.717) is 23.0 Å². The van der Waals surface area contributed by atoms with Crippen LogP contribution in [0.25, 0.3) is 0 Å². The highest BCUT2D eigenvalue weighted by Gasteiger charge is 2.06. The summed E-state index contributed by atoms with van der Waals surface area (Å²) in [5.41, 5.74) is 0.445. The second kappa shape index (κ2) is 5.82. The Morgan fingerprint density at radius 3 is 2.89 bits per heavy atom. The lowest BCUT2D eigenvalue weighted by Crippen LogP contribution is -2.12. The molecule has 0 bridgehead atoms. The molecule has 0 unspecified atom stereocenters. The van der Waals surface area contributed by atoms with Gasteiger partial charge in [0.2, 0.25) is 5.91 Å². The van der Waals surface area contributed by atoms with Crippen LogP contribution in [0, 0.1) is 5.82 Å². The molecule has 0 saturated heterocycles. The second-order valence-electron chi connectivity index (χ2n) is 3.76. The molecule has 0 aliphatic rings. The monoisotopic (exact) mass is 311 g/mol. The number of benzene rings is 1. The summed E-state index contributed by atoms with van der Waals surface area (Å²) in [7, 11) is 0. The van der Waals surface area contributed by atoms with Crippen molar-refractivity contribution in [3.05, 3.63) is 52.6 Å². The molecule has 94 valence electrons. The van der Waals surface area contributed by atoms with Crippen LogP contribution in [0.3, 0.4) is 0 Å². The van der Waals surface area contributed by atoms with E-state index in [1.54, 1.807) is 24.5 Å². The van der Waals surface area contributed by atoms with E-state index in [4.69, 9.17) is 4.42 Å². The highest BCUT2D eigenvalue weighted by atomic mass is 79.9. The van der Waals surface area contributed by atoms with Crippen LogP contribution in [-0.2, 0) is 11.2 Å². The number of rotatable bonds is 4. The zero-order valence-electron chi connectivity index (χ0n) is 9.45. The highest BCUT2D eigenvalue weighted by Crippen LogP contribution is 2.19. The minimum absolute atomic E-state index is 0.173. The molecule has 18 heavy (non-hydrogen) atoms. The van der Waals surface area contributed by atoms with Crippen LogP contribution >= 0.6 is 15.9 Å². The molecule has 2 aromatic rings. The molecule has 0 spiro atoms. The molecule has 0 aliphatic carbocycles. The Balaban J connectivity index is 1.88. The van der Waals surface area contributed by atoms with Gasteiger partial charge in [0.1, 0.15) is 11.6 Å². The molecule has 0 radical (unpaired) electrons. The van der Waals surface area contributed by atoms with Crippen molar-refractivity contribution in [1.82, 2.24) is 0 Å². The van der Waals surface area contributed by atoms with Gasteiger partial charge in [0.25, 0.3) is 0 Å². The number of nitrogens with one attached hydrogen (secondary N) is 1. The van der Waals surface area contributed by atoms with Crippen molar-refractivity contribution in [2.45, 2.75) is 12.8 Å². The molecular formula is C13H11BrFNO2. The van der Waals surface area contributed by atoms with Gasteiger partial charge in [-0.05, 0) is 46.3 Å². The fourth-order valence-corrected chi connectivity index (χ4v) is 1.74. The molecule has 1 heterocycles. The van der Waals surface area contributed by atoms with Gasteiger partial charge in [-0.3, -0.25) is 4.79 Å². The zero-order chi connectivity index (χ0) is 13.0. The van der Waals surface area contributed by atoms with Crippen molar-refractivity contribution in [2.24, 2.45) is 0 Å². The number of carbonyl (C=O) groups is 1. The number of hydrogen-bond acceptors (Lipinski definition) is 2. The summed E-state index contributed by atoms with van der Waals surface area (Å²) in [5, 5.41) is 2.63. The van der Waals surface area contributed by atoms with Gasteiger partial charge in [0, 0.05) is 18.5 Å². The van der Waals surface area contributed by atoms with Crippen molar-refractivity contribution in [3.8, 4) is 0 Å². The molecule has 0 saturated carbocycles. The summed E-state index contributed by atoms with van der Waals surface area (Å²) in [6.07, 6.45) is 2.39. The Hall–Kier alpha value is -1.62. The van der Waals surface area contributed by atoms with Crippen LogP contribution in [0.15, 0.2) is 45.5 Å². The maximum Gasteiger partial charge on any atom is 0.224 e. The van der Waals surface area contributed by atoms with Gasteiger partial charge in [-0.15, -0.1) is 0 Å². The fourth-order valence-electron chi connectivity index (χ4n) is 1.49. The predicted molar refractivity (Wildman–Crippen MR) is 69.8 cm³/mol. The van der Waals surface area contributed by atoms with Crippen molar-refractivity contribution in [3.63, 3.8) is 0 Å². The lowest BCUT2D eigenvalue weighted by atomic mass is 10.2. The average Bonchev–Trinajstić information content (AvgIpc) is 2.84. The third-order valence-electron chi connectivity index (χ3n) is 2.38. The van der Waals surface area contributed by atoms with Gasteiger partial charge in [0.15, 0.2) is 0 Å². The van der Waals surface area contributed by atoms with Gasteiger partial charge in [-0.25, -0.2) is 4.39 Å². The number of anilines is 1. The summed E-state index contributed by atoms with van der Waals surface area (Å²) in [4.78, 5) is 11.6. The maximum absolute atomic E-state index is 13.2. The number of halogens is 2. The summed E-state index contributed by atoms with van der Waals surface area (Å²) in [5.74, 6) is 0.180. The standard InChI is InChI=1S/C13H11BrFNO2/c14-11-5-3-9(8-12(11)15)16-13(17)6-4-10-2-1-7-18-10/h1-3,5,7-8H,4,6H2,(H,16,17). The van der Waals surface area contributed by atoms with E-state index in [9.17, 15) is 9.18 Å². The SMILES string of the molecule is O=C(CCc1ccco1)Nc1ccc(Br)c(F)c1. The molecule has 1 N–H and O–H groups in total. The summed E-state index contributed by atoms with van der Waals surface area (Å²) in [6, 6.07) is 8.05. The van der Waals surface area contributed by atoms with E-state index < -0.39 is 5.82 Å². The molecule has 1 amide bonds. The first-order valence-corrected chi connectivity index (χ1v) is 6.22. The first-order chi connectivity index (χ1) is 8.65. The number of amides is 1. The van der Waals surface area contributed by atoms with Crippen LogP contribution < -0.4 is 5.32 Å². The molecule has 3 nitrogen and oxygen atoms in total. The Morgan fingerprint density at radius 1 is 1.39 bits per heavy atom. The molecular weight excluding hydrogens is 301 g/mol. The number of aryl methyl sites for hydroxylation is 1. The van der Waals surface area contributed by atoms with E-state index in [1.165, 1.54) is 6.07 Å². The predicted octanol–water partition coefficient (Wildman–Crippen LogP) is 3.75. The van der Waals surface area contributed by atoms with Crippen LogP contribution in [0.2, 0.25) is 0 Å². The summed E-state index contributed by atoms with van der Waals surface area (Å²) < 4.78 is 18.7. The van der Waals surface area contributed by atoms with Crippen LogP contribution in [0.1, 0.15) is 12.2 Å². The molecule has 0 fully saturated rings. The van der Waals surface area contributed by atoms with E-state index in [0.717, 1.165) is 5.76 Å². The van der Waals surface area contributed by atoms with E-state index in [-0.39, 0.29) is 5.91 Å². The zero-order valence-corrected chi connectivity index (χ0v) is 11.0. The lowest BCUT2D eigenvalue weighted by molar-refractivity contribution is -0.116. The van der Waals surface area contributed by atoms with Gasteiger partial charge in [0.05, 0.1) is 10.7 Å². The van der Waals surface area contributed by atoms with Crippen LogP contribution in [0.5, 0.6) is 0 Å². The Kier molecular flexibility index (Phi) is 4.15. The topological polar surface area (TPSA) is 42.2 Å². The second-order valence-corrected chi connectivity index (χ2v) is 4.61. The minimum atomic E-state index is -0.404. The first kappa shape index (κ1) is 12.8. The minimum Gasteiger partial charge on any atom is -0.469 e. The van der Waals surface area contributed by atoms with E-state index in [2.05, 4.69) is 21.2 Å². The normalized spacial score (nSPS) is 10.3. The van der Waals surface area contributed by atoms with Gasteiger partial charge < -0.3 is 9.73 Å². The van der Waals surface area contributed by atoms with E-state index in [1.807, 2.05) is 6.07 Å². The van der Waals surface area contributed by atoms with Crippen LogP contribution in [0.4, 0.5) is 10.1 Å². The molecule has 0 aliphatic heterocycles. The number of furan rings is 1. The van der Waals surface area contributed by atoms with E-state index >= 15 is 0 Å². The quantitative estimate of drug-likeness (QED) is 0.934. The van der Waals surface area contributed by atoms with Crippen molar-refractivity contribution in [2.75, 3.05) is 5.32 Å². The molecule has 0 atom stereocenters. The van der Waals surface area contributed by atoms with Crippen molar-refractivity contribution in [1.29, 1.82) is 0 Å². The Labute approximate surface area is 112 Å². The van der Waals surface area contributed by atoms with Crippen molar-refractivity contribution >= 4 is 27.5 Å². The Morgan fingerprint density at radius 2 is 2.22 bits per heavy atom. The largest absolute Gasteiger partial charge is 0.469 e.